The number of hydrogen-bond donors (Lipinski definition) is 3. The van der Waals surface area contributed by atoms with Gasteiger partial charge in [-0.25, -0.2) is 4.39 Å². The summed E-state index contributed by atoms with van der Waals surface area (Å²) in [4.78, 5) is 0. The van der Waals surface area contributed by atoms with Crippen LogP contribution in [0.1, 0.15) is 30.6 Å². The smallest absolute Gasteiger partial charge is 0.123 e. The molecule has 5 heteroatoms. The summed E-state index contributed by atoms with van der Waals surface area (Å²) in [7, 11) is 1.57. The molecule has 2 rings (SSSR count). The Hall–Kier alpha value is -2.11. The SMILES string of the molecule is COc1ccc(O)c(CNC(C)CC(O)c2ccc(F)cc2)c1. The molecule has 0 radical (unpaired) electrons. The fourth-order valence-corrected chi connectivity index (χ4v) is 2.35. The van der Waals surface area contributed by atoms with Crippen LogP contribution in [0.5, 0.6) is 11.5 Å². The molecular formula is C18H22FNO3. The van der Waals surface area contributed by atoms with E-state index in [1.54, 1.807) is 37.4 Å². The molecule has 2 aromatic rings. The number of aliphatic hydroxyl groups is 1. The van der Waals surface area contributed by atoms with Gasteiger partial charge in [0.2, 0.25) is 0 Å². The van der Waals surface area contributed by atoms with E-state index in [0.717, 1.165) is 5.56 Å². The van der Waals surface area contributed by atoms with Gasteiger partial charge >= 0.3 is 0 Å². The highest BCUT2D eigenvalue weighted by atomic mass is 19.1. The van der Waals surface area contributed by atoms with E-state index in [-0.39, 0.29) is 17.6 Å². The topological polar surface area (TPSA) is 61.7 Å². The number of halogens is 1. The third-order valence-corrected chi connectivity index (χ3v) is 3.76. The van der Waals surface area contributed by atoms with Gasteiger partial charge in [-0.15, -0.1) is 0 Å². The zero-order valence-corrected chi connectivity index (χ0v) is 13.3. The molecule has 2 unspecified atom stereocenters. The van der Waals surface area contributed by atoms with Crippen molar-refractivity contribution < 1.29 is 19.3 Å². The quantitative estimate of drug-likeness (QED) is 0.734. The van der Waals surface area contributed by atoms with Gasteiger partial charge in [0, 0.05) is 18.2 Å². The number of aliphatic hydroxyl groups excluding tert-OH is 1. The van der Waals surface area contributed by atoms with E-state index >= 15 is 0 Å². The van der Waals surface area contributed by atoms with Crippen molar-refractivity contribution in [1.29, 1.82) is 0 Å². The van der Waals surface area contributed by atoms with E-state index in [9.17, 15) is 14.6 Å². The zero-order chi connectivity index (χ0) is 16.8. The molecular weight excluding hydrogens is 297 g/mol. The molecule has 124 valence electrons. The number of benzene rings is 2. The molecule has 0 saturated heterocycles. The Balaban J connectivity index is 1.89. The van der Waals surface area contributed by atoms with Crippen molar-refractivity contribution >= 4 is 0 Å². The molecule has 4 nitrogen and oxygen atoms in total. The first-order valence-electron chi connectivity index (χ1n) is 7.52. The Morgan fingerprint density at radius 2 is 1.87 bits per heavy atom. The number of hydrogen-bond acceptors (Lipinski definition) is 4. The first-order chi connectivity index (χ1) is 11.0. The maximum Gasteiger partial charge on any atom is 0.123 e. The van der Waals surface area contributed by atoms with Gasteiger partial charge in [0.05, 0.1) is 13.2 Å². The molecule has 2 atom stereocenters. The average molecular weight is 319 g/mol. The summed E-state index contributed by atoms with van der Waals surface area (Å²) in [5, 5.41) is 23.3. The molecule has 0 fully saturated rings. The van der Waals surface area contributed by atoms with Crippen LogP contribution in [0.25, 0.3) is 0 Å². The first kappa shape index (κ1) is 17.2. The van der Waals surface area contributed by atoms with Gasteiger partial charge in [0.15, 0.2) is 0 Å². The third kappa shape index (κ3) is 4.94. The predicted octanol–water partition coefficient (Wildman–Crippen LogP) is 3.14. The van der Waals surface area contributed by atoms with Crippen LogP contribution in [0.15, 0.2) is 42.5 Å². The molecule has 0 aliphatic heterocycles. The van der Waals surface area contributed by atoms with Gasteiger partial charge in [-0.3, -0.25) is 0 Å². The van der Waals surface area contributed by atoms with E-state index in [2.05, 4.69) is 5.32 Å². The van der Waals surface area contributed by atoms with E-state index in [0.29, 0.717) is 24.3 Å². The van der Waals surface area contributed by atoms with Gasteiger partial charge in [0.25, 0.3) is 0 Å². The molecule has 0 heterocycles. The number of phenols is 1. The van der Waals surface area contributed by atoms with Gasteiger partial charge in [-0.05, 0) is 49.2 Å². The van der Waals surface area contributed by atoms with Crippen molar-refractivity contribution in [3.8, 4) is 11.5 Å². The first-order valence-corrected chi connectivity index (χ1v) is 7.52. The summed E-state index contributed by atoms with van der Waals surface area (Å²) in [6.45, 7) is 2.41. The van der Waals surface area contributed by atoms with Crippen molar-refractivity contribution in [2.45, 2.75) is 32.0 Å². The standard InChI is InChI=1S/C18H22FNO3/c1-12(9-18(22)13-3-5-15(19)6-4-13)20-11-14-10-16(23-2)7-8-17(14)21/h3-8,10,12,18,20-22H,9,11H2,1-2H3. The second-order valence-corrected chi connectivity index (χ2v) is 5.58. The second-order valence-electron chi connectivity index (χ2n) is 5.58. The van der Waals surface area contributed by atoms with Gasteiger partial charge in [-0.1, -0.05) is 12.1 Å². The zero-order valence-electron chi connectivity index (χ0n) is 13.3. The number of nitrogens with one attached hydrogen (secondary N) is 1. The summed E-state index contributed by atoms with van der Waals surface area (Å²) in [5.74, 6) is 0.559. The monoisotopic (exact) mass is 319 g/mol. The van der Waals surface area contributed by atoms with Crippen molar-refractivity contribution in [3.05, 3.63) is 59.4 Å². The molecule has 0 aliphatic rings. The van der Waals surface area contributed by atoms with Gasteiger partial charge in [-0.2, -0.15) is 0 Å². The summed E-state index contributed by atoms with van der Waals surface area (Å²) in [6, 6.07) is 10.9. The number of phenolic OH excluding ortho intramolecular Hbond substituents is 1. The normalized spacial score (nSPS) is 13.6. The molecule has 0 aliphatic carbocycles. The van der Waals surface area contributed by atoms with Gasteiger partial charge in [0.1, 0.15) is 17.3 Å². The lowest BCUT2D eigenvalue weighted by Crippen LogP contribution is -2.27. The van der Waals surface area contributed by atoms with Crippen LogP contribution >= 0.6 is 0 Å². The molecule has 0 saturated carbocycles. The predicted molar refractivity (Wildman–Crippen MR) is 86.9 cm³/mol. The third-order valence-electron chi connectivity index (χ3n) is 3.76. The summed E-state index contributed by atoms with van der Waals surface area (Å²) in [6.07, 6.45) is -0.187. The molecule has 2 aromatic carbocycles. The fourth-order valence-electron chi connectivity index (χ4n) is 2.35. The lowest BCUT2D eigenvalue weighted by Gasteiger charge is -2.19. The number of methoxy groups -OCH3 is 1. The van der Waals surface area contributed by atoms with E-state index in [4.69, 9.17) is 4.74 Å². The fraction of sp³-hybridized carbons (Fsp3) is 0.333. The maximum atomic E-state index is 12.9. The van der Waals surface area contributed by atoms with Crippen LogP contribution in [0.2, 0.25) is 0 Å². The van der Waals surface area contributed by atoms with Crippen LogP contribution < -0.4 is 10.1 Å². The lowest BCUT2D eigenvalue weighted by molar-refractivity contribution is 0.153. The van der Waals surface area contributed by atoms with Crippen molar-refractivity contribution in [3.63, 3.8) is 0 Å². The summed E-state index contributed by atoms with van der Waals surface area (Å²) in [5.41, 5.74) is 1.41. The van der Waals surface area contributed by atoms with E-state index in [1.807, 2.05) is 6.92 Å². The van der Waals surface area contributed by atoms with Crippen LogP contribution in [0.3, 0.4) is 0 Å². The number of rotatable bonds is 7. The molecule has 0 amide bonds. The molecule has 0 spiro atoms. The molecule has 0 aromatic heterocycles. The highest BCUT2D eigenvalue weighted by Crippen LogP contribution is 2.23. The summed E-state index contributed by atoms with van der Waals surface area (Å²) < 4.78 is 18.0. The van der Waals surface area contributed by atoms with Crippen molar-refractivity contribution in [2.75, 3.05) is 7.11 Å². The minimum absolute atomic E-state index is 0.0145. The number of aromatic hydroxyl groups is 1. The maximum absolute atomic E-state index is 12.9. The Kier molecular flexibility index (Phi) is 5.96. The molecule has 0 bridgehead atoms. The number of ether oxygens (including phenoxy) is 1. The molecule has 3 N–H and O–H groups in total. The molecule has 23 heavy (non-hydrogen) atoms. The van der Waals surface area contributed by atoms with Crippen molar-refractivity contribution in [2.24, 2.45) is 0 Å². The van der Waals surface area contributed by atoms with Crippen LogP contribution in [-0.4, -0.2) is 23.4 Å². The lowest BCUT2D eigenvalue weighted by atomic mass is 10.0. The largest absolute Gasteiger partial charge is 0.508 e. The Bertz CT molecular complexity index is 631. The van der Waals surface area contributed by atoms with Crippen LogP contribution in [0.4, 0.5) is 4.39 Å². The van der Waals surface area contributed by atoms with Crippen molar-refractivity contribution in [1.82, 2.24) is 5.32 Å². The van der Waals surface area contributed by atoms with E-state index < -0.39 is 6.10 Å². The minimum atomic E-state index is -0.669. The minimum Gasteiger partial charge on any atom is -0.508 e. The second kappa shape index (κ2) is 7.94. The van der Waals surface area contributed by atoms with Gasteiger partial charge < -0.3 is 20.3 Å². The Morgan fingerprint density at radius 3 is 2.52 bits per heavy atom. The Labute approximate surface area is 135 Å². The van der Waals surface area contributed by atoms with Crippen LogP contribution in [0, 0.1) is 5.82 Å². The average Bonchev–Trinajstić information content (AvgIpc) is 2.54. The van der Waals surface area contributed by atoms with E-state index in [1.165, 1.54) is 12.1 Å². The highest BCUT2D eigenvalue weighted by molar-refractivity contribution is 5.39. The summed E-state index contributed by atoms with van der Waals surface area (Å²) >= 11 is 0. The Morgan fingerprint density at radius 1 is 1.17 bits per heavy atom. The highest BCUT2D eigenvalue weighted by Gasteiger charge is 2.13. The van der Waals surface area contributed by atoms with Crippen LogP contribution in [-0.2, 0) is 6.54 Å².